The van der Waals surface area contributed by atoms with Crippen molar-refractivity contribution < 1.29 is 13.1 Å². The summed E-state index contributed by atoms with van der Waals surface area (Å²) in [6.45, 7) is 4.34. The van der Waals surface area contributed by atoms with Gasteiger partial charge in [0.05, 0.1) is 12.8 Å². The van der Waals surface area contributed by atoms with E-state index in [-0.39, 0.29) is 0 Å². The highest BCUT2D eigenvalue weighted by molar-refractivity contribution is 7.90. The molecule has 4 aromatic heterocycles. The number of halogens is 1. The van der Waals surface area contributed by atoms with Gasteiger partial charge in [-0.2, -0.15) is 0 Å². The summed E-state index contributed by atoms with van der Waals surface area (Å²) in [7, 11) is 1.88. The first-order valence-electron chi connectivity index (χ1n) is 9.11. The maximum atomic E-state index is 5.93. The molecule has 0 aliphatic carbocycles. The van der Waals surface area contributed by atoms with Crippen molar-refractivity contribution in [1.82, 2.24) is 24.5 Å². The minimum absolute atomic E-state index is 0.336. The van der Waals surface area contributed by atoms with Gasteiger partial charge in [0.2, 0.25) is 18.2 Å². The van der Waals surface area contributed by atoms with E-state index in [9.17, 15) is 0 Å². The molecule has 0 unspecified atom stereocenters. The summed E-state index contributed by atoms with van der Waals surface area (Å²) in [5.41, 5.74) is 3.10. The lowest BCUT2D eigenvalue weighted by Crippen LogP contribution is -1.99. The molecule has 0 amide bonds. The van der Waals surface area contributed by atoms with Crippen LogP contribution in [0.2, 0.25) is 5.15 Å². The summed E-state index contributed by atoms with van der Waals surface area (Å²) < 4.78 is 18.6. The molecule has 0 spiro atoms. The molecule has 0 bridgehead atoms. The highest BCUT2D eigenvalue weighted by atomic mass is 35.5. The van der Waals surface area contributed by atoms with Crippen molar-refractivity contribution in [2.24, 2.45) is 7.05 Å². The van der Waals surface area contributed by atoms with Crippen LogP contribution in [0, 0.1) is 6.92 Å². The molecule has 0 fully saturated rings. The third kappa shape index (κ3) is 4.33. The molecule has 0 radical (unpaired) electrons. The fourth-order valence-corrected chi connectivity index (χ4v) is 3.28. The van der Waals surface area contributed by atoms with E-state index in [0.717, 1.165) is 29.1 Å². The van der Waals surface area contributed by atoms with E-state index in [1.54, 1.807) is 36.7 Å². The molecule has 4 rings (SSSR count). The summed E-state index contributed by atoms with van der Waals surface area (Å²) in [6, 6.07) is 8.81. The van der Waals surface area contributed by atoms with Crippen LogP contribution in [0.1, 0.15) is 12.5 Å². The highest BCUT2D eigenvalue weighted by Gasteiger charge is 2.19. The van der Waals surface area contributed by atoms with Crippen LogP contribution in [-0.2, 0) is 11.2 Å². The van der Waals surface area contributed by atoms with Crippen molar-refractivity contribution in [3.63, 3.8) is 0 Å². The van der Waals surface area contributed by atoms with Crippen molar-refractivity contribution in [3.05, 3.63) is 53.4 Å². The molecule has 0 aliphatic rings. The Hall–Kier alpha value is -2.88. The first-order valence-corrected chi connectivity index (χ1v) is 10.2. The van der Waals surface area contributed by atoms with Gasteiger partial charge in [-0.1, -0.05) is 17.7 Å². The molecule has 0 saturated heterocycles. The molecule has 4 heterocycles. The number of imidazole rings is 1. The predicted octanol–water partition coefficient (Wildman–Crippen LogP) is 5.16. The van der Waals surface area contributed by atoms with Crippen LogP contribution in [-0.4, -0.2) is 31.1 Å². The SMILES string of the molecule is CCOSOc1cc(Oc2cccc(Cl)n2)cnc1-c1nc2cc(C)cnc2n1C. The normalized spacial score (nSPS) is 11.1. The van der Waals surface area contributed by atoms with Crippen LogP contribution in [0.5, 0.6) is 17.4 Å². The van der Waals surface area contributed by atoms with Gasteiger partial charge in [-0.25, -0.2) is 19.9 Å². The predicted molar refractivity (Wildman–Crippen MR) is 116 cm³/mol. The summed E-state index contributed by atoms with van der Waals surface area (Å²) in [5, 5.41) is 0.336. The number of fused-ring (bicyclic) bond motifs is 1. The van der Waals surface area contributed by atoms with Gasteiger partial charge < -0.3 is 13.5 Å². The zero-order valence-electron chi connectivity index (χ0n) is 16.5. The Balaban J connectivity index is 1.74. The van der Waals surface area contributed by atoms with Gasteiger partial charge in [-0.05, 0) is 31.5 Å². The van der Waals surface area contributed by atoms with E-state index in [0.29, 0.717) is 40.7 Å². The van der Waals surface area contributed by atoms with Crippen LogP contribution in [0.25, 0.3) is 22.7 Å². The zero-order chi connectivity index (χ0) is 21.1. The summed E-state index contributed by atoms with van der Waals surface area (Å²) in [5.74, 6) is 1.84. The van der Waals surface area contributed by atoms with Crippen LogP contribution >= 0.6 is 23.9 Å². The van der Waals surface area contributed by atoms with Crippen molar-refractivity contribution in [3.8, 4) is 28.9 Å². The second-order valence-electron chi connectivity index (χ2n) is 6.33. The highest BCUT2D eigenvalue weighted by Crippen LogP contribution is 2.35. The van der Waals surface area contributed by atoms with Gasteiger partial charge in [-0.15, -0.1) is 0 Å². The number of aromatic nitrogens is 5. The second-order valence-corrected chi connectivity index (χ2v) is 7.25. The van der Waals surface area contributed by atoms with Gasteiger partial charge in [0, 0.05) is 25.4 Å². The molecule has 0 aliphatic heterocycles. The quantitative estimate of drug-likeness (QED) is 0.220. The Morgan fingerprint density at radius 3 is 2.80 bits per heavy atom. The molecular formula is C20H18ClN5O3S. The van der Waals surface area contributed by atoms with E-state index in [2.05, 4.69) is 15.0 Å². The molecule has 0 saturated carbocycles. The lowest BCUT2D eigenvalue weighted by atomic mass is 10.3. The van der Waals surface area contributed by atoms with E-state index >= 15 is 0 Å². The molecule has 0 atom stereocenters. The van der Waals surface area contributed by atoms with Crippen LogP contribution in [0.15, 0.2) is 42.7 Å². The zero-order valence-corrected chi connectivity index (χ0v) is 18.1. The summed E-state index contributed by atoms with van der Waals surface area (Å²) in [6.07, 6.45) is 3.38. The lowest BCUT2D eigenvalue weighted by molar-refractivity contribution is 0.369. The molecule has 4 aromatic rings. The average molecular weight is 444 g/mol. The topological polar surface area (TPSA) is 84.2 Å². The third-order valence-electron chi connectivity index (χ3n) is 4.09. The Bertz CT molecular complexity index is 1200. The van der Waals surface area contributed by atoms with Gasteiger partial charge >= 0.3 is 0 Å². The third-order valence-corrected chi connectivity index (χ3v) is 4.88. The standard InChI is InChI=1S/C20H18ClN5O3S/c1-4-27-30-29-15-9-13(28-17-7-5-6-16(21)25-17)11-22-18(15)20-24-14-8-12(2)10-23-19(14)26(20)3/h5-11H,4H2,1-3H3. The van der Waals surface area contributed by atoms with Crippen LogP contribution < -0.4 is 8.92 Å². The van der Waals surface area contributed by atoms with Gasteiger partial charge in [0.25, 0.3) is 0 Å². The number of nitrogens with zero attached hydrogens (tertiary/aromatic N) is 5. The molecule has 0 N–H and O–H groups in total. The number of aryl methyl sites for hydroxylation is 2. The van der Waals surface area contributed by atoms with E-state index in [4.69, 9.17) is 29.7 Å². The first kappa shape index (κ1) is 20.4. The fraction of sp³-hybridized carbons (Fsp3) is 0.200. The van der Waals surface area contributed by atoms with Gasteiger partial charge in [0.15, 0.2) is 23.0 Å². The fourth-order valence-electron chi connectivity index (χ4n) is 2.78. The van der Waals surface area contributed by atoms with Crippen LogP contribution in [0.4, 0.5) is 0 Å². The minimum Gasteiger partial charge on any atom is -0.437 e. The van der Waals surface area contributed by atoms with E-state index < -0.39 is 0 Å². The smallest absolute Gasteiger partial charge is 0.225 e. The van der Waals surface area contributed by atoms with Crippen molar-refractivity contribution in [2.75, 3.05) is 6.61 Å². The minimum atomic E-state index is 0.336. The van der Waals surface area contributed by atoms with E-state index in [1.165, 1.54) is 0 Å². The van der Waals surface area contributed by atoms with E-state index in [1.807, 2.05) is 31.5 Å². The Morgan fingerprint density at radius 1 is 1.13 bits per heavy atom. The number of rotatable bonds is 7. The average Bonchev–Trinajstić information content (AvgIpc) is 3.04. The second kappa shape index (κ2) is 8.86. The number of ether oxygens (including phenoxy) is 1. The van der Waals surface area contributed by atoms with Crippen molar-refractivity contribution in [2.45, 2.75) is 13.8 Å². The number of hydrogen-bond donors (Lipinski definition) is 0. The molecule has 10 heteroatoms. The largest absolute Gasteiger partial charge is 0.437 e. The lowest BCUT2D eigenvalue weighted by Gasteiger charge is -2.11. The number of pyridine rings is 3. The van der Waals surface area contributed by atoms with Gasteiger partial charge in [-0.3, -0.25) is 4.18 Å². The summed E-state index contributed by atoms with van der Waals surface area (Å²) >= 11 is 6.79. The maximum absolute atomic E-state index is 5.93. The molecular weight excluding hydrogens is 426 g/mol. The molecule has 30 heavy (non-hydrogen) atoms. The monoisotopic (exact) mass is 443 g/mol. The molecule has 0 aromatic carbocycles. The summed E-state index contributed by atoms with van der Waals surface area (Å²) in [4.78, 5) is 17.8. The maximum Gasteiger partial charge on any atom is 0.225 e. The molecule has 8 nitrogen and oxygen atoms in total. The Labute approximate surface area is 182 Å². The van der Waals surface area contributed by atoms with Crippen LogP contribution in [0.3, 0.4) is 0 Å². The van der Waals surface area contributed by atoms with Crippen molar-refractivity contribution >= 4 is 35.1 Å². The first-order chi connectivity index (χ1) is 14.5. The van der Waals surface area contributed by atoms with Crippen molar-refractivity contribution in [1.29, 1.82) is 0 Å². The number of hydrogen-bond acceptors (Lipinski definition) is 8. The van der Waals surface area contributed by atoms with Gasteiger partial charge in [0.1, 0.15) is 16.4 Å². The molecule has 154 valence electrons. The Morgan fingerprint density at radius 2 is 2.00 bits per heavy atom. The Kier molecular flexibility index (Phi) is 6.03.